The monoisotopic (exact) mass is 472 g/mol. The van der Waals surface area contributed by atoms with Crippen LogP contribution in [0.15, 0.2) is 58.9 Å². The van der Waals surface area contributed by atoms with Crippen LogP contribution >= 0.6 is 0 Å². The zero-order chi connectivity index (χ0) is 24.4. The maximum absolute atomic E-state index is 13.8. The van der Waals surface area contributed by atoms with Crippen LogP contribution in [0.3, 0.4) is 0 Å². The highest BCUT2D eigenvalue weighted by Gasteiger charge is 2.33. The van der Waals surface area contributed by atoms with Crippen molar-refractivity contribution in [3.63, 3.8) is 0 Å². The molecule has 0 bridgehead atoms. The van der Waals surface area contributed by atoms with Crippen LogP contribution in [0.4, 0.5) is 0 Å². The van der Waals surface area contributed by atoms with Crippen molar-refractivity contribution in [2.75, 3.05) is 0 Å². The molecule has 1 N–H and O–H groups in total. The molecule has 4 heterocycles. The molecule has 11 nitrogen and oxygen atoms in total. The first-order chi connectivity index (χ1) is 17.0. The maximum Gasteiger partial charge on any atom is 0.335 e. The molecule has 180 valence electrons. The summed E-state index contributed by atoms with van der Waals surface area (Å²) in [6.45, 7) is 6.61. The number of hydrogen-bond acceptors (Lipinski definition) is 7. The van der Waals surface area contributed by atoms with Crippen molar-refractivity contribution in [2.45, 2.75) is 58.0 Å². The molecule has 0 aliphatic carbocycles. The summed E-state index contributed by atoms with van der Waals surface area (Å²) in [5.74, 6) is 1.05. The van der Waals surface area contributed by atoms with Crippen molar-refractivity contribution in [1.29, 1.82) is 0 Å². The summed E-state index contributed by atoms with van der Waals surface area (Å²) in [4.78, 5) is 22.5. The molecule has 1 aliphatic rings. The summed E-state index contributed by atoms with van der Waals surface area (Å²) in [5.41, 5.74) is 2.27. The number of rotatable bonds is 8. The SMILES string of the molecule is CCCc1cn(-c2ncnn2C(C)C)c(=O)n1CC1(c2cccc(-c3nn[nH]n3)c2)C=CN=CC1. The lowest BCUT2D eigenvalue weighted by molar-refractivity contribution is 0.437. The summed E-state index contributed by atoms with van der Waals surface area (Å²) < 4.78 is 5.24. The van der Waals surface area contributed by atoms with E-state index in [1.807, 2.05) is 43.0 Å². The first kappa shape index (κ1) is 22.6. The van der Waals surface area contributed by atoms with Crippen LogP contribution < -0.4 is 5.69 Å². The molecule has 0 radical (unpaired) electrons. The zero-order valence-electron chi connectivity index (χ0n) is 20.0. The quantitative estimate of drug-likeness (QED) is 0.420. The van der Waals surface area contributed by atoms with Crippen molar-refractivity contribution in [1.82, 2.24) is 44.5 Å². The number of aromatic amines is 1. The van der Waals surface area contributed by atoms with Crippen LogP contribution in [0.1, 0.15) is 50.9 Å². The van der Waals surface area contributed by atoms with Gasteiger partial charge in [0.1, 0.15) is 6.33 Å². The Labute approximate surface area is 202 Å². The summed E-state index contributed by atoms with van der Waals surface area (Å²) in [7, 11) is 0. The molecular weight excluding hydrogens is 444 g/mol. The molecule has 0 saturated carbocycles. The molecule has 1 aliphatic heterocycles. The Hall–Kier alpha value is -4.15. The second-order valence-corrected chi connectivity index (χ2v) is 9.03. The Balaban J connectivity index is 1.61. The normalized spacial score (nSPS) is 17.5. The molecule has 1 atom stereocenters. The van der Waals surface area contributed by atoms with E-state index in [4.69, 9.17) is 0 Å². The highest BCUT2D eigenvalue weighted by Crippen LogP contribution is 2.35. The van der Waals surface area contributed by atoms with E-state index in [9.17, 15) is 4.79 Å². The summed E-state index contributed by atoms with van der Waals surface area (Å²) in [5, 5.41) is 18.8. The molecule has 0 saturated heterocycles. The topological polar surface area (TPSA) is 124 Å². The first-order valence-corrected chi connectivity index (χ1v) is 11.8. The highest BCUT2D eigenvalue weighted by atomic mass is 16.2. The van der Waals surface area contributed by atoms with Gasteiger partial charge in [0, 0.05) is 41.8 Å². The molecule has 3 aromatic heterocycles. The van der Waals surface area contributed by atoms with E-state index in [1.165, 1.54) is 6.33 Å². The van der Waals surface area contributed by atoms with Gasteiger partial charge in [-0.1, -0.05) is 37.6 Å². The molecule has 5 rings (SSSR count). The Kier molecular flexibility index (Phi) is 5.98. The number of benzene rings is 1. The fourth-order valence-electron chi connectivity index (χ4n) is 4.56. The minimum absolute atomic E-state index is 0.0779. The van der Waals surface area contributed by atoms with Gasteiger partial charge in [-0.2, -0.15) is 15.3 Å². The number of aryl methyl sites for hydroxylation is 1. The number of aliphatic imine (C=N–C) groups is 1. The lowest BCUT2D eigenvalue weighted by Gasteiger charge is -2.32. The molecule has 1 unspecified atom stereocenters. The number of nitrogens with zero attached hydrogens (tertiary/aromatic N) is 9. The van der Waals surface area contributed by atoms with Gasteiger partial charge in [0.15, 0.2) is 0 Å². The standard InChI is InChI=1S/C24H28N10O/c1-4-6-20-14-32(22-26-16-27-34(22)17(2)3)23(35)33(20)15-24(9-11-25-12-10-24)19-8-5-7-18(13-19)21-28-30-31-29-21/h5,7-9,11-14,16-17H,4,6,10,15H2,1-3H3,(H,28,29,30,31). The lowest BCUT2D eigenvalue weighted by Crippen LogP contribution is -2.37. The van der Waals surface area contributed by atoms with Crippen molar-refractivity contribution in [3.8, 4) is 17.3 Å². The average molecular weight is 473 g/mol. The van der Waals surface area contributed by atoms with Gasteiger partial charge in [-0.3, -0.25) is 9.56 Å². The zero-order valence-corrected chi connectivity index (χ0v) is 20.0. The van der Waals surface area contributed by atoms with Crippen LogP contribution in [0.5, 0.6) is 0 Å². The molecule has 0 amide bonds. The number of hydrogen-bond donors (Lipinski definition) is 1. The van der Waals surface area contributed by atoms with Gasteiger partial charge in [0.05, 0.1) is 6.04 Å². The van der Waals surface area contributed by atoms with E-state index in [0.29, 0.717) is 24.7 Å². The van der Waals surface area contributed by atoms with Crippen LogP contribution in [0.25, 0.3) is 17.3 Å². The number of tetrazole rings is 1. The molecular formula is C24H28N10O. The minimum atomic E-state index is -0.467. The lowest BCUT2D eigenvalue weighted by atomic mass is 9.76. The number of H-pyrrole nitrogens is 1. The third-order valence-electron chi connectivity index (χ3n) is 6.35. The van der Waals surface area contributed by atoms with E-state index in [-0.39, 0.29) is 11.7 Å². The van der Waals surface area contributed by atoms with Gasteiger partial charge in [-0.05, 0) is 43.5 Å². The van der Waals surface area contributed by atoms with Crippen molar-refractivity contribution < 1.29 is 0 Å². The van der Waals surface area contributed by atoms with E-state index in [2.05, 4.69) is 60.8 Å². The molecule has 4 aromatic rings. The summed E-state index contributed by atoms with van der Waals surface area (Å²) in [6.07, 6.45) is 11.5. The molecule has 0 spiro atoms. The first-order valence-electron chi connectivity index (χ1n) is 11.8. The van der Waals surface area contributed by atoms with E-state index < -0.39 is 5.41 Å². The largest absolute Gasteiger partial charge is 0.335 e. The van der Waals surface area contributed by atoms with Gasteiger partial charge in [0.25, 0.3) is 0 Å². The molecule has 11 heteroatoms. The Morgan fingerprint density at radius 2 is 2.14 bits per heavy atom. The van der Waals surface area contributed by atoms with E-state index in [1.54, 1.807) is 15.4 Å². The fourth-order valence-corrected chi connectivity index (χ4v) is 4.56. The average Bonchev–Trinajstić information content (AvgIpc) is 3.63. The van der Waals surface area contributed by atoms with Gasteiger partial charge >= 0.3 is 5.69 Å². The number of allylic oxidation sites excluding steroid dienone is 1. The van der Waals surface area contributed by atoms with E-state index >= 15 is 0 Å². The predicted octanol–water partition coefficient (Wildman–Crippen LogP) is 2.87. The third kappa shape index (κ3) is 4.13. The minimum Gasteiger partial charge on any atom is -0.295 e. The summed E-state index contributed by atoms with van der Waals surface area (Å²) in [6, 6.07) is 8.14. The van der Waals surface area contributed by atoms with Crippen LogP contribution in [-0.4, -0.2) is 50.7 Å². The second kappa shape index (κ2) is 9.24. The third-order valence-corrected chi connectivity index (χ3v) is 6.35. The summed E-state index contributed by atoms with van der Waals surface area (Å²) >= 11 is 0. The van der Waals surface area contributed by atoms with Gasteiger partial charge in [-0.15, -0.1) is 10.2 Å². The van der Waals surface area contributed by atoms with Crippen LogP contribution in [0.2, 0.25) is 0 Å². The number of nitrogens with one attached hydrogen (secondary N) is 1. The van der Waals surface area contributed by atoms with Crippen LogP contribution in [0, 0.1) is 0 Å². The van der Waals surface area contributed by atoms with Gasteiger partial charge < -0.3 is 0 Å². The molecule has 35 heavy (non-hydrogen) atoms. The van der Waals surface area contributed by atoms with Crippen molar-refractivity contribution in [2.24, 2.45) is 4.99 Å². The van der Waals surface area contributed by atoms with Gasteiger partial charge in [0.2, 0.25) is 11.8 Å². The maximum atomic E-state index is 13.8. The van der Waals surface area contributed by atoms with Gasteiger partial charge in [-0.25, -0.2) is 14.0 Å². The Bertz CT molecular complexity index is 1420. The van der Waals surface area contributed by atoms with E-state index in [0.717, 1.165) is 29.7 Å². The second-order valence-electron chi connectivity index (χ2n) is 9.03. The molecule has 0 fully saturated rings. The van der Waals surface area contributed by atoms with Crippen LogP contribution in [-0.2, 0) is 18.4 Å². The highest BCUT2D eigenvalue weighted by molar-refractivity contribution is 5.65. The fraction of sp³-hybridized carbons (Fsp3) is 0.375. The smallest absolute Gasteiger partial charge is 0.295 e. The Morgan fingerprint density at radius 3 is 2.86 bits per heavy atom. The van der Waals surface area contributed by atoms with Crippen molar-refractivity contribution in [3.05, 3.63) is 70.8 Å². The Morgan fingerprint density at radius 1 is 1.26 bits per heavy atom. The number of imidazole rings is 1. The number of aromatic nitrogens is 9. The van der Waals surface area contributed by atoms with Crippen molar-refractivity contribution >= 4 is 6.21 Å². The molecule has 1 aromatic carbocycles. The predicted molar refractivity (Wildman–Crippen MR) is 132 cm³/mol.